The highest BCUT2D eigenvalue weighted by Crippen LogP contribution is 2.08. The molecule has 1 aromatic carbocycles. The number of esters is 2. The highest BCUT2D eigenvalue weighted by atomic mass is 19.1. The molecule has 0 aliphatic heterocycles. The number of hydrogen-bond acceptors (Lipinski definition) is 10. The Labute approximate surface area is 248 Å². The summed E-state index contributed by atoms with van der Waals surface area (Å²) in [6.45, 7) is 3.01. The second kappa shape index (κ2) is 18.8. The molecule has 0 saturated carbocycles. The van der Waals surface area contributed by atoms with Crippen molar-refractivity contribution in [2.24, 2.45) is 5.92 Å². The van der Waals surface area contributed by atoms with E-state index in [4.69, 9.17) is 4.74 Å². The second-order valence-corrected chi connectivity index (χ2v) is 9.78. The van der Waals surface area contributed by atoms with Crippen molar-refractivity contribution in [1.29, 1.82) is 0 Å². The van der Waals surface area contributed by atoms with Gasteiger partial charge in [-0.3, -0.25) is 28.8 Å². The van der Waals surface area contributed by atoms with Gasteiger partial charge in [-0.05, 0) is 24.8 Å². The Morgan fingerprint density at radius 1 is 0.767 bits per heavy atom. The normalized spacial score (nSPS) is 13.4. The lowest BCUT2D eigenvalue weighted by atomic mass is 10.0. The SMILES string of the molecule is COC(=O)CCC(NC(=O)C(C)NC(=O)OCc1ccccc1)C(=O)NC(C(=O)NC(CC(=O)OC)C(=O)CF)C(C)C. The number of methoxy groups -OCH3 is 2. The van der Waals surface area contributed by atoms with Gasteiger partial charge in [-0.2, -0.15) is 0 Å². The molecule has 15 heteroatoms. The number of alkyl halides is 1. The van der Waals surface area contributed by atoms with E-state index in [1.54, 1.807) is 44.2 Å². The summed E-state index contributed by atoms with van der Waals surface area (Å²) < 4.78 is 27.2. The largest absolute Gasteiger partial charge is 0.469 e. The molecule has 0 spiro atoms. The third-order valence-corrected chi connectivity index (χ3v) is 6.12. The summed E-state index contributed by atoms with van der Waals surface area (Å²) >= 11 is 0. The van der Waals surface area contributed by atoms with Crippen molar-refractivity contribution in [2.75, 3.05) is 20.9 Å². The number of halogens is 1. The number of carbonyl (C=O) groups is 7. The van der Waals surface area contributed by atoms with Crippen LogP contribution in [-0.4, -0.2) is 86.6 Å². The van der Waals surface area contributed by atoms with E-state index in [-0.39, 0.29) is 19.4 Å². The summed E-state index contributed by atoms with van der Waals surface area (Å²) in [5.74, 6) is -5.73. The molecule has 0 aliphatic carbocycles. The molecule has 4 atom stereocenters. The number of benzene rings is 1. The topological polar surface area (TPSA) is 195 Å². The number of carbonyl (C=O) groups excluding carboxylic acids is 7. The van der Waals surface area contributed by atoms with Gasteiger partial charge in [0.15, 0.2) is 5.78 Å². The van der Waals surface area contributed by atoms with E-state index >= 15 is 0 Å². The number of ether oxygens (including phenoxy) is 3. The van der Waals surface area contributed by atoms with Crippen LogP contribution in [0.1, 0.15) is 45.6 Å². The van der Waals surface area contributed by atoms with Gasteiger partial charge in [0, 0.05) is 6.42 Å². The molecule has 0 bridgehead atoms. The van der Waals surface area contributed by atoms with Crippen molar-refractivity contribution in [3.05, 3.63) is 35.9 Å². The van der Waals surface area contributed by atoms with Crippen LogP contribution in [0.15, 0.2) is 30.3 Å². The van der Waals surface area contributed by atoms with Crippen molar-refractivity contribution < 1.29 is 52.2 Å². The number of ketones is 1. The van der Waals surface area contributed by atoms with Crippen LogP contribution in [0.2, 0.25) is 0 Å². The van der Waals surface area contributed by atoms with Crippen molar-refractivity contribution in [3.63, 3.8) is 0 Å². The van der Waals surface area contributed by atoms with Crippen molar-refractivity contribution >= 4 is 41.5 Å². The lowest BCUT2D eigenvalue weighted by Crippen LogP contribution is -2.59. The predicted molar refractivity (Wildman–Crippen MR) is 149 cm³/mol. The van der Waals surface area contributed by atoms with Crippen LogP contribution in [0.25, 0.3) is 0 Å². The van der Waals surface area contributed by atoms with Gasteiger partial charge >= 0.3 is 18.0 Å². The maximum atomic E-state index is 13.2. The van der Waals surface area contributed by atoms with Gasteiger partial charge in [0.05, 0.1) is 20.6 Å². The number of hydrogen-bond donors (Lipinski definition) is 4. The first-order chi connectivity index (χ1) is 20.3. The van der Waals surface area contributed by atoms with Crippen LogP contribution in [0.3, 0.4) is 0 Å². The van der Waals surface area contributed by atoms with E-state index in [9.17, 15) is 38.0 Å². The number of nitrogens with one attached hydrogen (secondary N) is 4. The summed E-state index contributed by atoms with van der Waals surface area (Å²) in [7, 11) is 2.21. The maximum Gasteiger partial charge on any atom is 0.408 e. The quantitative estimate of drug-likeness (QED) is 0.142. The van der Waals surface area contributed by atoms with Crippen LogP contribution in [0, 0.1) is 5.92 Å². The molecule has 1 rings (SSSR count). The zero-order chi connectivity index (χ0) is 32.5. The van der Waals surface area contributed by atoms with Crippen molar-refractivity contribution in [3.8, 4) is 0 Å². The van der Waals surface area contributed by atoms with Crippen LogP contribution < -0.4 is 21.3 Å². The van der Waals surface area contributed by atoms with Crippen LogP contribution in [-0.2, 0) is 49.6 Å². The van der Waals surface area contributed by atoms with Crippen LogP contribution in [0.4, 0.5) is 9.18 Å². The molecular formula is C28H39FN4O10. The molecule has 4 amide bonds. The first-order valence-corrected chi connectivity index (χ1v) is 13.4. The summed E-state index contributed by atoms with van der Waals surface area (Å²) in [6, 6.07) is 3.48. The first-order valence-electron chi connectivity index (χ1n) is 13.4. The van der Waals surface area contributed by atoms with E-state index in [1.165, 1.54) is 6.92 Å². The first kappa shape index (κ1) is 36.5. The second-order valence-electron chi connectivity index (χ2n) is 9.78. The zero-order valence-electron chi connectivity index (χ0n) is 24.8. The van der Waals surface area contributed by atoms with E-state index in [0.29, 0.717) is 0 Å². The van der Waals surface area contributed by atoms with Gasteiger partial charge in [-0.15, -0.1) is 0 Å². The van der Waals surface area contributed by atoms with Gasteiger partial charge in [-0.25, -0.2) is 9.18 Å². The number of rotatable bonds is 17. The van der Waals surface area contributed by atoms with Crippen molar-refractivity contribution in [2.45, 2.75) is 70.8 Å². The molecule has 0 aliphatic rings. The molecule has 238 valence electrons. The summed E-state index contributed by atoms with van der Waals surface area (Å²) in [5.41, 5.74) is 0.726. The molecule has 4 unspecified atom stereocenters. The number of Topliss-reactive ketones (excluding diaryl/α,β-unsaturated/α-hetero) is 1. The van der Waals surface area contributed by atoms with Crippen molar-refractivity contribution in [1.82, 2.24) is 21.3 Å². The minimum absolute atomic E-state index is 0.0404. The fourth-order valence-electron chi connectivity index (χ4n) is 3.58. The molecule has 43 heavy (non-hydrogen) atoms. The molecule has 0 aromatic heterocycles. The Bertz CT molecular complexity index is 1130. The Hall–Kier alpha value is -4.56. The third kappa shape index (κ3) is 13.3. The Balaban J connectivity index is 2.96. The fraction of sp³-hybridized carbons (Fsp3) is 0.536. The van der Waals surface area contributed by atoms with Gasteiger partial charge in [-0.1, -0.05) is 44.2 Å². The summed E-state index contributed by atoms with van der Waals surface area (Å²) in [6.07, 6.45) is -2.02. The summed E-state index contributed by atoms with van der Waals surface area (Å²) in [5, 5.41) is 9.49. The average Bonchev–Trinajstić information content (AvgIpc) is 2.99. The molecular weight excluding hydrogens is 571 g/mol. The van der Waals surface area contributed by atoms with E-state index in [2.05, 4.69) is 30.7 Å². The van der Waals surface area contributed by atoms with E-state index in [1.807, 2.05) is 0 Å². The minimum atomic E-state index is -1.54. The minimum Gasteiger partial charge on any atom is -0.469 e. The molecule has 0 radical (unpaired) electrons. The highest BCUT2D eigenvalue weighted by Gasteiger charge is 2.33. The van der Waals surface area contributed by atoms with Crippen LogP contribution in [0.5, 0.6) is 0 Å². The van der Waals surface area contributed by atoms with Gasteiger partial charge in [0.2, 0.25) is 17.7 Å². The predicted octanol–water partition coefficient (Wildman–Crippen LogP) is 0.467. The van der Waals surface area contributed by atoms with Crippen LogP contribution >= 0.6 is 0 Å². The highest BCUT2D eigenvalue weighted by molar-refractivity contribution is 5.97. The van der Waals surface area contributed by atoms with E-state index < -0.39 is 84.7 Å². The monoisotopic (exact) mass is 610 g/mol. The standard InChI is InChI=1S/C28H39FN4O10/c1-16(2)24(27(39)32-20(21(34)14-29)13-23(36)42-5)33-26(38)19(11-12-22(35)41-4)31-25(37)17(3)30-28(40)43-15-18-9-7-6-8-10-18/h6-10,16-17,19-20,24H,11-15H2,1-5H3,(H,30,40)(H,31,37)(H,32,39)(H,33,38). The third-order valence-electron chi connectivity index (χ3n) is 6.12. The Kier molecular flexibility index (Phi) is 15.9. The molecule has 4 N–H and O–H groups in total. The zero-order valence-corrected chi connectivity index (χ0v) is 24.8. The lowest BCUT2D eigenvalue weighted by molar-refractivity contribution is -0.144. The lowest BCUT2D eigenvalue weighted by Gasteiger charge is -2.27. The molecule has 1 aromatic rings. The van der Waals surface area contributed by atoms with Gasteiger partial charge < -0.3 is 35.5 Å². The average molecular weight is 611 g/mol. The smallest absolute Gasteiger partial charge is 0.408 e. The molecule has 0 fully saturated rings. The fourth-order valence-corrected chi connectivity index (χ4v) is 3.58. The number of amides is 4. The number of alkyl carbamates (subject to hydrolysis) is 1. The van der Waals surface area contributed by atoms with Gasteiger partial charge in [0.1, 0.15) is 37.4 Å². The molecule has 0 heterocycles. The molecule has 0 saturated heterocycles. The Morgan fingerprint density at radius 2 is 1.37 bits per heavy atom. The molecule has 14 nitrogen and oxygen atoms in total. The summed E-state index contributed by atoms with van der Waals surface area (Å²) in [4.78, 5) is 86.6. The van der Waals surface area contributed by atoms with Gasteiger partial charge in [0.25, 0.3) is 0 Å². The van der Waals surface area contributed by atoms with E-state index in [0.717, 1.165) is 19.8 Å². The Morgan fingerprint density at radius 3 is 1.93 bits per heavy atom. The maximum absolute atomic E-state index is 13.2.